The molecule has 0 radical (unpaired) electrons. The van der Waals surface area contributed by atoms with Crippen LogP contribution in [0.4, 0.5) is 0 Å². The first-order chi connectivity index (χ1) is 6.27. The van der Waals surface area contributed by atoms with Gasteiger partial charge >= 0.3 is 5.97 Å². The van der Waals surface area contributed by atoms with Crippen LogP contribution >= 0.6 is 0 Å². The van der Waals surface area contributed by atoms with Crippen molar-refractivity contribution in [3.8, 4) is 11.6 Å². The fourth-order valence-electron chi connectivity index (χ4n) is 0.737. The molecule has 0 saturated heterocycles. The maximum absolute atomic E-state index is 10.4. The van der Waals surface area contributed by atoms with E-state index >= 15 is 0 Å². The fraction of sp³-hybridized carbons (Fsp3) is 0. The molecule has 0 unspecified atom stereocenters. The van der Waals surface area contributed by atoms with Crippen molar-refractivity contribution in [2.24, 2.45) is 0 Å². The molecule has 0 aliphatic rings. The number of carbonyl (C=O) groups is 1. The van der Waals surface area contributed by atoms with E-state index in [-0.39, 0.29) is 5.89 Å². The predicted octanol–water partition coefficient (Wildman–Crippen LogP) is 0.423. The lowest BCUT2D eigenvalue weighted by atomic mass is 10.4. The van der Waals surface area contributed by atoms with E-state index in [1.54, 1.807) is 0 Å². The quantitative estimate of drug-likeness (QED) is 0.716. The summed E-state index contributed by atoms with van der Waals surface area (Å²) in [7, 11) is 0. The minimum Gasteiger partial charge on any atom is -0.475 e. The molecule has 0 aromatic carbocycles. The molecule has 7 heteroatoms. The summed E-state index contributed by atoms with van der Waals surface area (Å²) < 4.78 is 9.12. The summed E-state index contributed by atoms with van der Waals surface area (Å²) in [5.74, 6) is -1.64. The second kappa shape index (κ2) is 2.70. The fourth-order valence-corrected chi connectivity index (χ4v) is 0.737. The molecule has 13 heavy (non-hydrogen) atoms. The SMILES string of the molecule is O=C(O)c1noc(-c2ccon2)n1. The molecule has 66 valence electrons. The van der Waals surface area contributed by atoms with Gasteiger partial charge in [0.25, 0.3) is 11.7 Å². The maximum atomic E-state index is 10.4. The number of carboxylic acids is 1. The summed E-state index contributed by atoms with van der Waals surface area (Å²) in [5, 5.41) is 15.2. The van der Waals surface area contributed by atoms with Crippen LogP contribution in [0, 0.1) is 0 Å². The molecule has 0 spiro atoms. The van der Waals surface area contributed by atoms with Gasteiger partial charge in [0.05, 0.1) is 0 Å². The second-order valence-electron chi connectivity index (χ2n) is 2.11. The second-order valence-corrected chi connectivity index (χ2v) is 2.11. The van der Waals surface area contributed by atoms with Gasteiger partial charge in [-0.05, 0) is 5.16 Å². The van der Waals surface area contributed by atoms with Crippen LogP contribution in [-0.2, 0) is 0 Å². The molecule has 2 heterocycles. The first-order valence-corrected chi connectivity index (χ1v) is 3.25. The number of nitrogens with zero attached hydrogens (tertiary/aromatic N) is 3. The number of rotatable bonds is 2. The minimum absolute atomic E-state index is 0.0196. The van der Waals surface area contributed by atoms with E-state index in [1.165, 1.54) is 12.3 Å². The third-order valence-corrected chi connectivity index (χ3v) is 1.27. The van der Waals surface area contributed by atoms with Crippen molar-refractivity contribution in [3.63, 3.8) is 0 Å². The van der Waals surface area contributed by atoms with Gasteiger partial charge in [-0.2, -0.15) is 4.98 Å². The van der Waals surface area contributed by atoms with E-state index in [1.807, 2.05) is 0 Å². The molecule has 2 aromatic heterocycles. The Hall–Kier alpha value is -2.18. The van der Waals surface area contributed by atoms with Crippen molar-refractivity contribution < 1.29 is 18.9 Å². The first-order valence-electron chi connectivity index (χ1n) is 3.25. The Morgan fingerprint density at radius 3 is 2.85 bits per heavy atom. The molecule has 0 amide bonds. The van der Waals surface area contributed by atoms with E-state index in [2.05, 4.69) is 24.3 Å². The van der Waals surface area contributed by atoms with Crippen molar-refractivity contribution in [3.05, 3.63) is 18.2 Å². The molecule has 0 saturated carbocycles. The Labute approximate surface area is 71.0 Å². The Kier molecular flexibility index (Phi) is 1.55. The molecule has 7 nitrogen and oxygen atoms in total. The van der Waals surface area contributed by atoms with Crippen LogP contribution in [0.25, 0.3) is 11.6 Å². The topological polar surface area (TPSA) is 102 Å². The highest BCUT2D eigenvalue weighted by Crippen LogP contribution is 2.13. The highest BCUT2D eigenvalue weighted by Gasteiger charge is 2.15. The molecule has 1 N–H and O–H groups in total. The maximum Gasteiger partial charge on any atom is 0.377 e. The Bertz CT molecular complexity index is 419. The third-order valence-electron chi connectivity index (χ3n) is 1.27. The zero-order valence-electron chi connectivity index (χ0n) is 6.17. The van der Waals surface area contributed by atoms with E-state index in [9.17, 15) is 4.79 Å². The molecule has 0 bridgehead atoms. The molecule has 2 rings (SSSR count). The van der Waals surface area contributed by atoms with Gasteiger partial charge in [0.15, 0.2) is 5.69 Å². The smallest absolute Gasteiger partial charge is 0.377 e. The summed E-state index contributed by atoms with van der Waals surface area (Å²) in [4.78, 5) is 13.9. The number of hydrogen-bond donors (Lipinski definition) is 1. The highest BCUT2D eigenvalue weighted by atomic mass is 16.5. The average Bonchev–Trinajstić information content (AvgIpc) is 2.75. The number of carboxylic acid groups (broad SMARTS) is 1. The van der Waals surface area contributed by atoms with Crippen LogP contribution in [0.5, 0.6) is 0 Å². The Morgan fingerprint density at radius 2 is 2.31 bits per heavy atom. The third kappa shape index (κ3) is 1.26. The van der Waals surface area contributed by atoms with Crippen LogP contribution in [0.2, 0.25) is 0 Å². The highest BCUT2D eigenvalue weighted by molar-refractivity contribution is 5.83. The summed E-state index contributed by atoms with van der Waals surface area (Å²) in [6.07, 6.45) is 1.32. The largest absolute Gasteiger partial charge is 0.475 e. The van der Waals surface area contributed by atoms with E-state index in [0.29, 0.717) is 5.69 Å². The Morgan fingerprint density at radius 1 is 1.46 bits per heavy atom. The lowest BCUT2D eigenvalue weighted by Gasteiger charge is -1.79. The van der Waals surface area contributed by atoms with Crippen molar-refractivity contribution in [1.82, 2.24) is 15.3 Å². The van der Waals surface area contributed by atoms with Crippen LogP contribution in [0.15, 0.2) is 21.4 Å². The zero-order chi connectivity index (χ0) is 9.26. The number of aromatic carboxylic acids is 1. The molecule has 0 atom stereocenters. The van der Waals surface area contributed by atoms with Crippen molar-refractivity contribution >= 4 is 5.97 Å². The van der Waals surface area contributed by atoms with E-state index in [0.717, 1.165) is 0 Å². The Balaban J connectivity index is 2.39. The van der Waals surface area contributed by atoms with E-state index < -0.39 is 11.8 Å². The van der Waals surface area contributed by atoms with Crippen LogP contribution in [-0.4, -0.2) is 26.4 Å². The van der Waals surface area contributed by atoms with Gasteiger partial charge in [0.2, 0.25) is 0 Å². The summed E-state index contributed by atoms with van der Waals surface area (Å²) in [6, 6.07) is 1.49. The first kappa shape index (κ1) is 7.47. The van der Waals surface area contributed by atoms with Crippen molar-refractivity contribution in [1.29, 1.82) is 0 Å². The van der Waals surface area contributed by atoms with Crippen LogP contribution < -0.4 is 0 Å². The molecular formula is C6H3N3O4. The molecule has 2 aromatic rings. The number of aromatic nitrogens is 3. The van der Waals surface area contributed by atoms with Gasteiger partial charge in [-0.3, -0.25) is 0 Å². The van der Waals surface area contributed by atoms with Gasteiger partial charge in [0, 0.05) is 6.07 Å². The van der Waals surface area contributed by atoms with Gasteiger partial charge < -0.3 is 14.2 Å². The van der Waals surface area contributed by atoms with Crippen LogP contribution in [0.1, 0.15) is 10.6 Å². The van der Waals surface area contributed by atoms with Crippen molar-refractivity contribution in [2.75, 3.05) is 0 Å². The molecule has 0 fully saturated rings. The van der Waals surface area contributed by atoms with Gasteiger partial charge in [0.1, 0.15) is 6.26 Å². The zero-order valence-corrected chi connectivity index (χ0v) is 6.17. The lowest BCUT2D eigenvalue weighted by molar-refractivity contribution is 0.0680. The van der Waals surface area contributed by atoms with Crippen molar-refractivity contribution in [2.45, 2.75) is 0 Å². The predicted molar refractivity (Wildman–Crippen MR) is 36.8 cm³/mol. The number of hydrogen-bond acceptors (Lipinski definition) is 6. The molecular weight excluding hydrogens is 178 g/mol. The standard InChI is InChI=1S/C6H3N3O4/c10-6(11)4-7-5(13-9-4)3-1-2-12-8-3/h1-2H,(H,10,11). The van der Waals surface area contributed by atoms with Gasteiger partial charge in [-0.1, -0.05) is 5.16 Å². The molecule has 0 aliphatic carbocycles. The summed E-state index contributed by atoms with van der Waals surface area (Å²) >= 11 is 0. The lowest BCUT2D eigenvalue weighted by Crippen LogP contribution is -1.98. The average molecular weight is 181 g/mol. The summed E-state index contributed by atoms with van der Waals surface area (Å²) in [5.41, 5.74) is 0.306. The van der Waals surface area contributed by atoms with Crippen LogP contribution in [0.3, 0.4) is 0 Å². The monoisotopic (exact) mass is 181 g/mol. The van der Waals surface area contributed by atoms with Gasteiger partial charge in [-0.15, -0.1) is 0 Å². The molecule has 0 aliphatic heterocycles. The summed E-state index contributed by atoms with van der Waals surface area (Å²) in [6.45, 7) is 0. The normalized spacial score (nSPS) is 10.2. The minimum atomic E-state index is -1.25. The van der Waals surface area contributed by atoms with E-state index in [4.69, 9.17) is 5.11 Å². The van der Waals surface area contributed by atoms with Gasteiger partial charge in [-0.25, -0.2) is 4.79 Å².